The summed E-state index contributed by atoms with van der Waals surface area (Å²) >= 11 is 0. The number of aldehydes is 1. The van der Waals surface area contributed by atoms with E-state index in [-0.39, 0.29) is 0 Å². The molecule has 2 aromatic carbocycles. The van der Waals surface area contributed by atoms with Gasteiger partial charge in [-0.3, -0.25) is 14.7 Å². The van der Waals surface area contributed by atoms with Gasteiger partial charge < -0.3 is 5.73 Å². The highest BCUT2D eigenvalue weighted by Gasteiger charge is 2.21. The molecule has 2 aromatic rings. The molecule has 1 aliphatic rings. The highest BCUT2D eigenvalue weighted by molar-refractivity contribution is 6.09. The molecule has 0 heterocycles. The van der Waals surface area contributed by atoms with Crippen LogP contribution in [0.3, 0.4) is 0 Å². The van der Waals surface area contributed by atoms with Gasteiger partial charge in [0.25, 0.3) is 0 Å². The molecule has 3 rings (SSSR count). The second-order valence-electron chi connectivity index (χ2n) is 9.06. The van der Waals surface area contributed by atoms with E-state index in [1.54, 1.807) is 19.5 Å². The smallest absolute Gasteiger partial charge is 0.150 e. The van der Waals surface area contributed by atoms with Crippen molar-refractivity contribution in [2.45, 2.75) is 65.0 Å². The lowest BCUT2D eigenvalue weighted by Crippen LogP contribution is -2.33. The van der Waals surface area contributed by atoms with Crippen LogP contribution in [0.25, 0.3) is 5.57 Å². The van der Waals surface area contributed by atoms with Crippen molar-refractivity contribution in [3.05, 3.63) is 75.5 Å². The topological polar surface area (TPSA) is 58.7 Å². The largest absolute Gasteiger partial charge is 0.404 e. The Morgan fingerprint density at radius 2 is 1.81 bits per heavy atom. The number of hydrogen-bond donors (Lipinski definition) is 1. The van der Waals surface area contributed by atoms with Gasteiger partial charge in [0.1, 0.15) is 6.29 Å². The van der Waals surface area contributed by atoms with E-state index in [1.165, 1.54) is 59.9 Å². The maximum absolute atomic E-state index is 12.0. The van der Waals surface area contributed by atoms with E-state index in [9.17, 15) is 4.79 Å². The van der Waals surface area contributed by atoms with Gasteiger partial charge in [-0.15, -0.1) is 0 Å². The van der Waals surface area contributed by atoms with Crippen LogP contribution in [-0.4, -0.2) is 37.5 Å². The van der Waals surface area contributed by atoms with Crippen molar-refractivity contribution >= 4 is 18.1 Å². The third-order valence-electron chi connectivity index (χ3n) is 7.04. The van der Waals surface area contributed by atoms with E-state index >= 15 is 0 Å². The molecule has 0 bridgehead atoms. The van der Waals surface area contributed by atoms with Gasteiger partial charge in [0.2, 0.25) is 0 Å². The van der Waals surface area contributed by atoms with Crippen molar-refractivity contribution in [1.29, 1.82) is 0 Å². The summed E-state index contributed by atoms with van der Waals surface area (Å²) in [5.41, 5.74) is 14.6. The number of benzene rings is 2. The molecule has 0 spiro atoms. The molecule has 0 aliphatic heterocycles. The van der Waals surface area contributed by atoms with Crippen LogP contribution in [0, 0.1) is 13.8 Å². The van der Waals surface area contributed by atoms with Gasteiger partial charge in [-0.1, -0.05) is 43.5 Å². The summed E-state index contributed by atoms with van der Waals surface area (Å²) in [5.74, 6) is 0. The molecular weight excluding hydrogens is 394 g/mol. The van der Waals surface area contributed by atoms with Crippen molar-refractivity contribution in [3.63, 3.8) is 0 Å². The highest BCUT2D eigenvalue weighted by Crippen LogP contribution is 2.28. The second kappa shape index (κ2) is 11.2. The van der Waals surface area contributed by atoms with Crippen LogP contribution in [0.4, 0.5) is 0 Å². The highest BCUT2D eigenvalue weighted by atomic mass is 16.1. The SMILES string of the molecule is CN=CC(=CN)c1ccc(Cc2cc(C=O)c(CN(C)C3CCCCC3)c(C)c2C)cc1. The predicted molar refractivity (Wildman–Crippen MR) is 135 cm³/mol. The molecule has 2 N–H and O–H groups in total. The Bertz CT molecular complexity index is 983. The van der Waals surface area contributed by atoms with Crippen LogP contribution in [0.1, 0.15) is 75.8 Å². The Balaban J connectivity index is 1.82. The maximum atomic E-state index is 12.0. The molecule has 170 valence electrons. The number of allylic oxidation sites excluding steroid dienone is 1. The molecule has 1 saturated carbocycles. The molecule has 0 unspecified atom stereocenters. The van der Waals surface area contributed by atoms with Gasteiger partial charge in [-0.25, -0.2) is 0 Å². The summed E-state index contributed by atoms with van der Waals surface area (Å²) in [5, 5.41) is 0. The minimum Gasteiger partial charge on any atom is -0.404 e. The van der Waals surface area contributed by atoms with Crippen molar-refractivity contribution in [1.82, 2.24) is 4.90 Å². The van der Waals surface area contributed by atoms with E-state index in [2.05, 4.69) is 61.1 Å². The Labute approximate surface area is 193 Å². The standard InChI is InChI=1S/C28H37N3O/c1-20-21(2)28(18-31(4)27-8-6-5-7-9-27)25(19-32)15-24(20)14-22-10-12-23(13-11-22)26(16-29)17-30-3/h10-13,15-17,19,27H,5-9,14,18,29H2,1-4H3. The molecule has 0 radical (unpaired) electrons. The molecule has 4 heteroatoms. The molecule has 0 amide bonds. The van der Waals surface area contributed by atoms with Crippen molar-refractivity contribution < 1.29 is 4.79 Å². The molecule has 32 heavy (non-hydrogen) atoms. The van der Waals surface area contributed by atoms with E-state index < -0.39 is 0 Å². The third-order valence-corrected chi connectivity index (χ3v) is 7.04. The van der Waals surface area contributed by atoms with Crippen LogP contribution in [0.15, 0.2) is 41.5 Å². The first kappa shape index (κ1) is 23.9. The van der Waals surface area contributed by atoms with Gasteiger partial charge in [-0.2, -0.15) is 0 Å². The summed E-state index contributed by atoms with van der Waals surface area (Å²) < 4.78 is 0. The number of aliphatic imine (C=N–C) groups is 1. The number of nitrogens with zero attached hydrogens (tertiary/aromatic N) is 2. The van der Waals surface area contributed by atoms with Crippen molar-refractivity contribution in [2.75, 3.05) is 14.1 Å². The zero-order valence-corrected chi connectivity index (χ0v) is 20.0. The second-order valence-corrected chi connectivity index (χ2v) is 9.06. The molecular formula is C28H37N3O. The number of rotatable bonds is 8. The Morgan fingerprint density at radius 3 is 2.41 bits per heavy atom. The van der Waals surface area contributed by atoms with Crippen LogP contribution in [-0.2, 0) is 13.0 Å². The molecule has 1 fully saturated rings. The number of carbonyl (C=O) groups excluding carboxylic acids is 1. The fourth-order valence-corrected chi connectivity index (χ4v) is 4.85. The van der Waals surface area contributed by atoms with Crippen LogP contribution < -0.4 is 5.73 Å². The molecule has 0 saturated heterocycles. The van der Waals surface area contributed by atoms with E-state index in [4.69, 9.17) is 5.73 Å². The predicted octanol–water partition coefficient (Wildman–Crippen LogP) is 5.47. The van der Waals surface area contributed by atoms with E-state index in [0.717, 1.165) is 36.0 Å². The monoisotopic (exact) mass is 431 g/mol. The van der Waals surface area contributed by atoms with Gasteiger partial charge in [-0.05, 0) is 79.6 Å². The fraction of sp³-hybridized carbons (Fsp3) is 0.429. The summed E-state index contributed by atoms with van der Waals surface area (Å²) in [6.45, 7) is 5.19. The van der Waals surface area contributed by atoms with Gasteiger partial charge in [0.05, 0.1) is 0 Å². The first-order valence-corrected chi connectivity index (χ1v) is 11.7. The first-order valence-electron chi connectivity index (χ1n) is 11.7. The van der Waals surface area contributed by atoms with Crippen LogP contribution >= 0.6 is 0 Å². The molecule has 4 nitrogen and oxygen atoms in total. The number of carbonyl (C=O) groups is 1. The minimum atomic E-state index is 0.631. The zero-order valence-electron chi connectivity index (χ0n) is 20.0. The molecule has 1 aliphatic carbocycles. The summed E-state index contributed by atoms with van der Waals surface area (Å²) in [6.07, 6.45) is 11.7. The lowest BCUT2D eigenvalue weighted by Gasteiger charge is -2.32. The average Bonchev–Trinajstić information content (AvgIpc) is 2.83. The quantitative estimate of drug-likeness (QED) is 0.445. The summed E-state index contributed by atoms with van der Waals surface area (Å²) in [4.78, 5) is 18.5. The Morgan fingerprint density at radius 1 is 1.12 bits per heavy atom. The van der Waals surface area contributed by atoms with Gasteiger partial charge >= 0.3 is 0 Å². The van der Waals surface area contributed by atoms with Gasteiger partial charge in [0.15, 0.2) is 0 Å². The Kier molecular flexibility index (Phi) is 8.40. The van der Waals surface area contributed by atoms with E-state index in [0.29, 0.717) is 6.04 Å². The van der Waals surface area contributed by atoms with Gasteiger partial charge in [0, 0.05) is 43.2 Å². The number of nitrogens with two attached hydrogens (primary N) is 1. The average molecular weight is 432 g/mol. The zero-order chi connectivity index (χ0) is 23.1. The van der Waals surface area contributed by atoms with E-state index in [1.807, 2.05) is 0 Å². The summed E-state index contributed by atoms with van der Waals surface area (Å²) in [6, 6.07) is 11.1. The molecule has 0 aromatic heterocycles. The summed E-state index contributed by atoms with van der Waals surface area (Å²) in [7, 11) is 3.95. The fourth-order valence-electron chi connectivity index (χ4n) is 4.85. The van der Waals surface area contributed by atoms with Crippen molar-refractivity contribution in [3.8, 4) is 0 Å². The van der Waals surface area contributed by atoms with Crippen LogP contribution in [0.5, 0.6) is 0 Å². The third kappa shape index (κ3) is 5.55. The normalized spacial score (nSPS) is 15.6. The Hall–Kier alpha value is -2.72. The molecule has 0 atom stereocenters. The van der Waals surface area contributed by atoms with Crippen molar-refractivity contribution in [2.24, 2.45) is 10.7 Å². The minimum absolute atomic E-state index is 0.631. The lowest BCUT2D eigenvalue weighted by molar-refractivity contribution is 0.112. The van der Waals surface area contributed by atoms with Crippen LogP contribution in [0.2, 0.25) is 0 Å². The number of hydrogen-bond acceptors (Lipinski definition) is 4. The first-order chi connectivity index (χ1) is 15.5. The lowest BCUT2D eigenvalue weighted by atomic mass is 9.89. The maximum Gasteiger partial charge on any atom is 0.150 e.